The third-order valence-electron chi connectivity index (χ3n) is 5.70. The highest BCUT2D eigenvalue weighted by Gasteiger charge is 2.47. The van der Waals surface area contributed by atoms with E-state index in [1.165, 1.54) is 0 Å². The molecule has 0 unspecified atom stereocenters. The van der Waals surface area contributed by atoms with Crippen LogP contribution in [0.5, 0.6) is 0 Å². The third kappa shape index (κ3) is 3.97. The zero-order valence-electron chi connectivity index (χ0n) is 18.2. The van der Waals surface area contributed by atoms with Gasteiger partial charge in [0.25, 0.3) is 0 Å². The van der Waals surface area contributed by atoms with Crippen LogP contribution in [0.4, 0.5) is 5.95 Å². The highest BCUT2D eigenvalue weighted by molar-refractivity contribution is 6.42. The average molecular weight is 474 g/mol. The molecule has 2 atom stereocenters. The van der Waals surface area contributed by atoms with Gasteiger partial charge in [-0.3, -0.25) is 14.5 Å². The van der Waals surface area contributed by atoms with E-state index in [2.05, 4.69) is 13.8 Å². The number of hydrogen-bond donors (Lipinski definition) is 0. The number of carbonyl (C=O) groups is 2. The van der Waals surface area contributed by atoms with E-state index in [9.17, 15) is 9.59 Å². The molecular formula is C24H25Cl2N3O3. The molecule has 0 saturated heterocycles. The first-order chi connectivity index (χ1) is 15.3. The van der Waals surface area contributed by atoms with Crippen LogP contribution in [0.15, 0.2) is 42.5 Å². The van der Waals surface area contributed by atoms with Crippen molar-refractivity contribution in [2.24, 2.45) is 11.8 Å². The van der Waals surface area contributed by atoms with Crippen LogP contribution in [0.3, 0.4) is 0 Å². The summed E-state index contributed by atoms with van der Waals surface area (Å²) in [6.07, 6.45) is 0.780. The Hall–Kier alpha value is -2.57. The van der Waals surface area contributed by atoms with Gasteiger partial charge in [-0.25, -0.2) is 4.98 Å². The second-order valence-corrected chi connectivity index (χ2v) is 9.11. The maximum atomic E-state index is 13.7. The number of hydrogen-bond acceptors (Lipinski definition) is 4. The highest BCUT2D eigenvalue weighted by Crippen LogP contribution is 2.42. The van der Waals surface area contributed by atoms with Gasteiger partial charge in [0.2, 0.25) is 11.9 Å². The molecule has 0 N–H and O–H groups in total. The van der Waals surface area contributed by atoms with Crippen LogP contribution in [0.25, 0.3) is 11.0 Å². The summed E-state index contributed by atoms with van der Waals surface area (Å²) in [7, 11) is 0. The molecule has 6 nitrogen and oxygen atoms in total. The van der Waals surface area contributed by atoms with Crippen molar-refractivity contribution in [2.45, 2.75) is 33.2 Å². The SMILES string of the molecule is CCOC(=O)[C@H]1C(=O)N(CCC(C)C)c2nc3ccccc3n2[C@@H]1c1ccc(Cl)c(Cl)c1. The normalized spacial score (nSPS) is 18.3. The molecule has 4 rings (SSSR count). The number of carbonyl (C=O) groups excluding carboxylic acids is 2. The maximum absolute atomic E-state index is 13.7. The number of halogens is 2. The molecule has 3 aromatic rings. The summed E-state index contributed by atoms with van der Waals surface area (Å²) in [5, 5.41) is 0.756. The smallest absolute Gasteiger partial charge is 0.321 e. The molecular weight excluding hydrogens is 449 g/mol. The molecule has 0 radical (unpaired) electrons. The lowest BCUT2D eigenvalue weighted by Crippen LogP contribution is -2.50. The fourth-order valence-corrected chi connectivity index (χ4v) is 4.45. The summed E-state index contributed by atoms with van der Waals surface area (Å²) in [4.78, 5) is 33.3. The summed E-state index contributed by atoms with van der Waals surface area (Å²) < 4.78 is 7.31. The quantitative estimate of drug-likeness (QED) is 0.349. The van der Waals surface area contributed by atoms with Crippen LogP contribution in [-0.2, 0) is 14.3 Å². The first kappa shape index (κ1) is 22.6. The standard InChI is InChI=1S/C24H25Cl2N3O3/c1-4-32-23(31)20-21(15-9-10-16(25)17(26)13-15)29-19-8-6-5-7-18(19)27-24(29)28(22(20)30)12-11-14(2)3/h5-10,13-14,20-21H,4,11-12H2,1-3H3/t20-,21-/m1/s1. The van der Waals surface area contributed by atoms with E-state index in [-0.39, 0.29) is 12.5 Å². The fourth-order valence-electron chi connectivity index (χ4n) is 4.14. The minimum absolute atomic E-state index is 0.181. The van der Waals surface area contributed by atoms with Crippen LogP contribution in [-0.4, -0.2) is 34.6 Å². The number of imidazole rings is 1. The molecule has 2 heterocycles. The van der Waals surface area contributed by atoms with E-state index in [4.69, 9.17) is 32.9 Å². The van der Waals surface area contributed by atoms with E-state index in [0.717, 1.165) is 17.5 Å². The summed E-state index contributed by atoms with van der Waals surface area (Å²) in [6.45, 7) is 6.56. The Morgan fingerprint density at radius 2 is 1.91 bits per heavy atom. The van der Waals surface area contributed by atoms with Crippen LogP contribution in [0.2, 0.25) is 10.0 Å². The molecule has 8 heteroatoms. The Kier molecular flexibility index (Phi) is 6.45. The number of anilines is 1. The second-order valence-electron chi connectivity index (χ2n) is 8.29. The zero-order chi connectivity index (χ0) is 23.0. The number of nitrogens with zero attached hydrogens (tertiary/aromatic N) is 3. The number of esters is 1. The summed E-state index contributed by atoms with van der Waals surface area (Å²) in [5.74, 6) is -1.04. The molecule has 1 aliphatic rings. The van der Waals surface area contributed by atoms with Gasteiger partial charge >= 0.3 is 5.97 Å². The van der Waals surface area contributed by atoms with Gasteiger partial charge in [0.15, 0.2) is 5.92 Å². The predicted octanol–water partition coefficient (Wildman–Crippen LogP) is 5.50. The Bertz CT molecular complexity index is 1170. The van der Waals surface area contributed by atoms with Crippen molar-refractivity contribution in [1.82, 2.24) is 9.55 Å². The lowest BCUT2D eigenvalue weighted by molar-refractivity contribution is -0.153. The highest BCUT2D eigenvalue weighted by atomic mass is 35.5. The van der Waals surface area contributed by atoms with Crippen molar-refractivity contribution in [3.8, 4) is 0 Å². The molecule has 0 saturated carbocycles. The van der Waals surface area contributed by atoms with Crippen LogP contribution in [0.1, 0.15) is 38.8 Å². The maximum Gasteiger partial charge on any atom is 0.321 e. The van der Waals surface area contributed by atoms with E-state index in [1.807, 2.05) is 28.8 Å². The fraction of sp³-hybridized carbons (Fsp3) is 0.375. The predicted molar refractivity (Wildman–Crippen MR) is 126 cm³/mol. The topological polar surface area (TPSA) is 64.4 Å². The Morgan fingerprint density at radius 1 is 1.16 bits per heavy atom. The second kappa shape index (κ2) is 9.12. The molecule has 1 aliphatic heterocycles. The molecule has 1 amide bonds. The van der Waals surface area contributed by atoms with E-state index in [1.54, 1.807) is 30.0 Å². The van der Waals surface area contributed by atoms with Crippen LogP contribution in [0, 0.1) is 11.8 Å². The van der Waals surface area contributed by atoms with Gasteiger partial charge in [-0.1, -0.05) is 55.2 Å². The average Bonchev–Trinajstić information content (AvgIpc) is 3.13. The number of para-hydroxylation sites is 2. The van der Waals surface area contributed by atoms with Gasteiger partial charge in [0.1, 0.15) is 0 Å². The van der Waals surface area contributed by atoms with Gasteiger partial charge in [-0.2, -0.15) is 0 Å². The Balaban J connectivity index is 1.97. The van der Waals surface area contributed by atoms with Gasteiger partial charge in [-0.05, 0) is 49.1 Å². The monoisotopic (exact) mass is 473 g/mol. The molecule has 0 fully saturated rings. The van der Waals surface area contributed by atoms with Crippen molar-refractivity contribution < 1.29 is 14.3 Å². The number of aromatic nitrogens is 2. The molecule has 1 aromatic heterocycles. The molecule has 0 bridgehead atoms. The summed E-state index contributed by atoms with van der Waals surface area (Å²) >= 11 is 12.5. The minimum Gasteiger partial charge on any atom is -0.465 e. The van der Waals surface area contributed by atoms with E-state index in [0.29, 0.717) is 34.0 Å². The number of amides is 1. The summed E-state index contributed by atoms with van der Waals surface area (Å²) in [5.41, 5.74) is 2.27. The zero-order valence-corrected chi connectivity index (χ0v) is 19.7. The van der Waals surface area contributed by atoms with Crippen molar-refractivity contribution in [3.05, 3.63) is 58.1 Å². The first-order valence-electron chi connectivity index (χ1n) is 10.7. The first-order valence-corrected chi connectivity index (χ1v) is 11.5. The Morgan fingerprint density at radius 3 is 2.59 bits per heavy atom. The van der Waals surface area contributed by atoms with Crippen molar-refractivity contribution in [2.75, 3.05) is 18.1 Å². The van der Waals surface area contributed by atoms with Gasteiger partial charge < -0.3 is 9.30 Å². The number of benzene rings is 2. The van der Waals surface area contributed by atoms with Crippen LogP contribution < -0.4 is 4.90 Å². The molecule has 0 spiro atoms. The van der Waals surface area contributed by atoms with Crippen LogP contribution >= 0.6 is 23.2 Å². The Labute approximate surface area is 197 Å². The molecule has 2 aromatic carbocycles. The number of fused-ring (bicyclic) bond motifs is 3. The van der Waals surface area contributed by atoms with Crippen molar-refractivity contribution in [3.63, 3.8) is 0 Å². The van der Waals surface area contributed by atoms with Crippen molar-refractivity contribution >= 4 is 52.1 Å². The van der Waals surface area contributed by atoms with E-state index < -0.39 is 17.9 Å². The molecule has 32 heavy (non-hydrogen) atoms. The largest absolute Gasteiger partial charge is 0.465 e. The summed E-state index contributed by atoms with van der Waals surface area (Å²) in [6, 6.07) is 12.2. The van der Waals surface area contributed by atoms with Gasteiger partial charge in [-0.15, -0.1) is 0 Å². The lowest BCUT2D eigenvalue weighted by Gasteiger charge is -2.38. The lowest BCUT2D eigenvalue weighted by atomic mass is 9.89. The molecule has 168 valence electrons. The minimum atomic E-state index is -1.07. The third-order valence-corrected chi connectivity index (χ3v) is 6.44. The van der Waals surface area contributed by atoms with Gasteiger partial charge in [0.05, 0.1) is 33.7 Å². The molecule has 0 aliphatic carbocycles. The van der Waals surface area contributed by atoms with Gasteiger partial charge in [0, 0.05) is 6.54 Å². The number of rotatable bonds is 6. The number of ether oxygens (including phenoxy) is 1. The van der Waals surface area contributed by atoms with Crippen molar-refractivity contribution in [1.29, 1.82) is 0 Å². The van der Waals surface area contributed by atoms with E-state index >= 15 is 0 Å².